The maximum atomic E-state index is 13.1. The molecule has 2 aromatic heterocycles. The molecule has 0 atom stereocenters. The molecule has 1 fully saturated rings. The van der Waals surface area contributed by atoms with Crippen LogP contribution in [0.4, 0.5) is 0 Å². The van der Waals surface area contributed by atoms with Gasteiger partial charge in [0.2, 0.25) is 0 Å². The number of piperidine rings is 1. The van der Waals surface area contributed by atoms with E-state index in [1.807, 2.05) is 61.7 Å². The molecule has 3 aromatic rings. The Bertz CT molecular complexity index is 909. The predicted molar refractivity (Wildman–Crippen MR) is 97.6 cm³/mol. The third-order valence-electron chi connectivity index (χ3n) is 5.25. The number of amides is 1. The summed E-state index contributed by atoms with van der Waals surface area (Å²) < 4.78 is 2.15. The van der Waals surface area contributed by atoms with Gasteiger partial charge in [-0.15, -0.1) is 0 Å². The second-order valence-electron chi connectivity index (χ2n) is 6.75. The van der Waals surface area contributed by atoms with E-state index in [-0.39, 0.29) is 5.91 Å². The van der Waals surface area contributed by atoms with E-state index in [9.17, 15) is 4.79 Å². The average Bonchev–Trinajstić information content (AvgIpc) is 3.16. The van der Waals surface area contributed by atoms with Crippen LogP contribution in [-0.4, -0.2) is 38.4 Å². The molecule has 5 nitrogen and oxygen atoms in total. The molecule has 128 valence electrons. The summed E-state index contributed by atoms with van der Waals surface area (Å²) in [5.41, 5.74) is 3.57. The maximum Gasteiger partial charge on any atom is 0.255 e. The fraction of sp³-hybridized carbons (Fsp3) is 0.350. The Balaban J connectivity index is 1.59. The summed E-state index contributed by atoms with van der Waals surface area (Å²) in [4.78, 5) is 23.9. The number of imidazole rings is 1. The zero-order chi connectivity index (χ0) is 17.4. The van der Waals surface area contributed by atoms with Crippen LogP contribution in [0.5, 0.6) is 0 Å². The lowest BCUT2D eigenvalue weighted by atomic mass is 9.99. The Morgan fingerprint density at radius 3 is 2.64 bits per heavy atom. The van der Waals surface area contributed by atoms with Gasteiger partial charge in [-0.3, -0.25) is 9.78 Å². The molecule has 1 aliphatic heterocycles. The predicted octanol–water partition coefficient (Wildman–Crippen LogP) is 3.53. The van der Waals surface area contributed by atoms with Gasteiger partial charge in [0.15, 0.2) is 0 Å². The quantitative estimate of drug-likeness (QED) is 0.720. The van der Waals surface area contributed by atoms with Crippen LogP contribution < -0.4 is 0 Å². The Morgan fingerprint density at radius 1 is 1.16 bits per heavy atom. The Morgan fingerprint density at radius 2 is 1.92 bits per heavy atom. The second-order valence-corrected chi connectivity index (χ2v) is 6.75. The van der Waals surface area contributed by atoms with E-state index in [4.69, 9.17) is 0 Å². The maximum absolute atomic E-state index is 13.1. The van der Waals surface area contributed by atoms with Gasteiger partial charge in [-0.1, -0.05) is 18.2 Å². The summed E-state index contributed by atoms with van der Waals surface area (Å²) in [7, 11) is 0. The average molecular weight is 334 g/mol. The van der Waals surface area contributed by atoms with Crippen molar-refractivity contribution in [2.24, 2.45) is 0 Å². The van der Waals surface area contributed by atoms with Gasteiger partial charge >= 0.3 is 0 Å². The number of aromatic nitrogens is 3. The third-order valence-corrected chi connectivity index (χ3v) is 5.25. The van der Waals surface area contributed by atoms with Crippen molar-refractivity contribution in [1.82, 2.24) is 19.4 Å². The molecule has 1 amide bonds. The van der Waals surface area contributed by atoms with Crippen LogP contribution in [0.15, 0.2) is 43.0 Å². The number of fused-ring (bicyclic) bond motifs is 1. The van der Waals surface area contributed by atoms with Gasteiger partial charge in [-0.05, 0) is 38.3 Å². The number of hydrogen-bond acceptors (Lipinski definition) is 3. The van der Waals surface area contributed by atoms with Gasteiger partial charge in [-0.25, -0.2) is 4.98 Å². The van der Waals surface area contributed by atoms with Crippen LogP contribution >= 0.6 is 0 Å². The molecular weight excluding hydrogens is 312 g/mol. The minimum absolute atomic E-state index is 0.109. The molecule has 4 rings (SSSR count). The number of aryl methyl sites for hydroxylation is 2. The second kappa shape index (κ2) is 6.31. The van der Waals surface area contributed by atoms with Gasteiger partial charge in [-0.2, -0.15) is 0 Å². The van der Waals surface area contributed by atoms with Crippen LogP contribution in [-0.2, 0) is 0 Å². The molecular formula is C20H22N4O. The van der Waals surface area contributed by atoms with Gasteiger partial charge in [0.1, 0.15) is 0 Å². The molecule has 0 N–H and O–H groups in total. The van der Waals surface area contributed by atoms with Crippen molar-refractivity contribution in [3.05, 3.63) is 59.8 Å². The third kappa shape index (κ3) is 2.80. The molecule has 3 heterocycles. The molecule has 0 spiro atoms. The highest BCUT2D eigenvalue weighted by molar-refractivity contribution is 6.01. The van der Waals surface area contributed by atoms with Crippen molar-refractivity contribution in [2.45, 2.75) is 32.7 Å². The van der Waals surface area contributed by atoms with Crippen LogP contribution in [0.1, 0.15) is 40.5 Å². The molecule has 1 saturated heterocycles. The SMILES string of the molecule is Cc1nc2ccccc2c(C)c1C(=O)N1CCC(n2ccnc2)CC1. The van der Waals surface area contributed by atoms with Crippen molar-refractivity contribution in [2.75, 3.05) is 13.1 Å². The van der Waals surface area contributed by atoms with E-state index in [2.05, 4.69) is 14.5 Å². The number of rotatable bonds is 2. The lowest BCUT2D eigenvalue weighted by Gasteiger charge is -2.33. The highest BCUT2D eigenvalue weighted by Gasteiger charge is 2.27. The number of pyridine rings is 1. The molecule has 0 radical (unpaired) electrons. The van der Waals surface area contributed by atoms with Crippen molar-refractivity contribution in [1.29, 1.82) is 0 Å². The van der Waals surface area contributed by atoms with Crippen molar-refractivity contribution >= 4 is 16.8 Å². The fourth-order valence-electron chi connectivity index (χ4n) is 3.86. The first-order valence-corrected chi connectivity index (χ1v) is 8.78. The van der Waals surface area contributed by atoms with Crippen molar-refractivity contribution in [3.63, 3.8) is 0 Å². The van der Waals surface area contributed by atoms with E-state index in [1.54, 1.807) is 0 Å². The summed E-state index contributed by atoms with van der Waals surface area (Å²) in [6, 6.07) is 8.45. The first-order chi connectivity index (χ1) is 12.1. The lowest BCUT2D eigenvalue weighted by molar-refractivity contribution is 0.0693. The molecule has 25 heavy (non-hydrogen) atoms. The summed E-state index contributed by atoms with van der Waals surface area (Å²) in [5, 5.41) is 1.06. The molecule has 1 aromatic carbocycles. The zero-order valence-corrected chi connectivity index (χ0v) is 14.6. The topological polar surface area (TPSA) is 51.0 Å². The van der Waals surface area contributed by atoms with E-state index < -0.39 is 0 Å². The number of carbonyl (C=O) groups is 1. The van der Waals surface area contributed by atoms with E-state index in [0.29, 0.717) is 6.04 Å². The molecule has 0 unspecified atom stereocenters. The number of para-hydroxylation sites is 1. The van der Waals surface area contributed by atoms with Crippen molar-refractivity contribution in [3.8, 4) is 0 Å². The minimum Gasteiger partial charge on any atom is -0.338 e. The number of benzene rings is 1. The van der Waals surface area contributed by atoms with Gasteiger partial charge in [0.05, 0.1) is 23.1 Å². The molecule has 0 bridgehead atoms. The number of nitrogens with zero attached hydrogens (tertiary/aromatic N) is 4. The summed E-state index contributed by atoms with van der Waals surface area (Å²) >= 11 is 0. The summed E-state index contributed by atoms with van der Waals surface area (Å²) in [5.74, 6) is 0.109. The van der Waals surface area contributed by atoms with Crippen molar-refractivity contribution < 1.29 is 4.79 Å². The Hall–Kier alpha value is -2.69. The standard InChI is InChI=1S/C20H22N4O/c1-14-17-5-3-4-6-18(17)22-15(2)19(14)20(25)23-10-7-16(8-11-23)24-12-9-21-13-24/h3-6,9,12-13,16H,7-8,10-11H2,1-2H3. The highest BCUT2D eigenvalue weighted by atomic mass is 16.2. The summed E-state index contributed by atoms with van der Waals surface area (Å²) in [6.45, 7) is 5.51. The molecule has 1 aliphatic rings. The first-order valence-electron chi connectivity index (χ1n) is 8.78. The molecule has 0 saturated carbocycles. The van der Waals surface area contributed by atoms with Crippen LogP contribution in [0.2, 0.25) is 0 Å². The largest absolute Gasteiger partial charge is 0.338 e. The highest BCUT2D eigenvalue weighted by Crippen LogP contribution is 2.27. The lowest BCUT2D eigenvalue weighted by Crippen LogP contribution is -2.39. The van der Waals surface area contributed by atoms with Crippen LogP contribution in [0.25, 0.3) is 10.9 Å². The van der Waals surface area contributed by atoms with Gasteiger partial charge < -0.3 is 9.47 Å². The van der Waals surface area contributed by atoms with Crippen LogP contribution in [0, 0.1) is 13.8 Å². The van der Waals surface area contributed by atoms with E-state index >= 15 is 0 Å². The first kappa shape index (κ1) is 15.8. The normalized spacial score (nSPS) is 15.7. The Labute approximate surface area is 147 Å². The number of carbonyl (C=O) groups excluding carboxylic acids is 1. The van der Waals surface area contributed by atoms with E-state index in [1.165, 1.54) is 0 Å². The minimum atomic E-state index is 0.109. The molecule has 5 heteroatoms. The monoisotopic (exact) mass is 334 g/mol. The smallest absolute Gasteiger partial charge is 0.255 e. The summed E-state index contributed by atoms with van der Waals surface area (Å²) in [6.07, 6.45) is 7.60. The fourth-order valence-corrected chi connectivity index (χ4v) is 3.86. The molecule has 0 aliphatic carbocycles. The van der Waals surface area contributed by atoms with E-state index in [0.717, 1.165) is 53.7 Å². The van der Waals surface area contributed by atoms with Crippen LogP contribution in [0.3, 0.4) is 0 Å². The number of likely N-dealkylation sites (tertiary alicyclic amines) is 1. The number of hydrogen-bond donors (Lipinski definition) is 0. The Kier molecular flexibility index (Phi) is 3.99. The zero-order valence-electron chi connectivity index (χ0n) is 14.6. The van der Waals surface area contributed by atoms with Gasteiger partial charge in [0.25, 0.3) is 5.91 Å². The van der Waals surface area contributed by atoms with Gasteiger partial charge in [0, 0.05) is 36.9 Å².